The van der Waals surface area contributed by atoms with Gasteiger partial charge in [0.1, 0.15) is 0 Å². The summed E-state index contributed by atoms with van der Waals surface area (Å²) in [5.74, 6) is -0.911. The van der Waals surface area contributed by atoms with Crippen LogP contribution in [0, 0.1) is 23.7 Å². The molecule has 0 aliphatic carbocycles. The Hall–Kier alpha value is -1.14. The number of aliphatic hydroxyl groups is 2. The molecule has 22 heavy (non-hydrogen) atoms. The summed E-state index contributed by atoms with van der Waals surface area (Å²) in [4.78, 5) is 21.5. The zero-order chi connectivity index (χ0) is 17.7. The Morgan fingerprint density at radius 3 is 1.59 bits per heavy atom. The van der Waals surface area contributed by atoms with E-state index < -0.39 is 0 Å². The van der Waals surface area contributed by atoms with Gasteiger partial charge >= 0.3 is 0 Å². The van der Waals surface area contributed by atoms with Crippen LogP contribution >= 0.6 is 0 Å². The van der Waals surface area contributed by atoms with Gasteiger partial charge in [-0.15, -0.1) is 0 Å². The fourth-order valence-corrected chi connectivity index (χ4v) is 2.43. The van der Waals surface area contributed by atoms with Gasteiger partial charge in [0.15, 0.2) is 0 Å². The summed E-state index contributed by atoms with van der Waals surface area (Å²) < 4.78 is 0. The molecule has 0 fully saturated rings. The first kappa shape index (κ1) is 23.1. The van der Waals surface area contributed by atoms with Crippen LogP contribution in [-0.2, 0) is 9.59 Å². The second-order valence-electron chi connectivity index (χ2n) is 5.69. The molecular weight excluding hydrogens is 284 g/mol. The zero-order valence-corrected chi connectivity index (χ0v) is 14.4. The summed E-state index contributed by atoms with van der Waals surface area (Å²) in [6.07, 6.45) is 3.37. The molecule has 0 spiro atoms. The number of hydrogen-bond acceptors (Lipinski definition) is 4. The molecule has 0 aromatic heterocycles. The van der Waals surface area contributed by atoms with Crippen molar-refractivity contribution in [2.24, 2.45) is 35.1 Å². The van der Waals surface area contributed by atoms with Crippen LogP contribution in [0.1, 0.15) is 53.4 Å². The zero-order valence-electron chi connectivity index (χ0n) is 14.4. The van der Waals surface area contributed by atoms with Gasteiger partial charge in [0.25, 0.3) is 0 Å². The average molecular weight is 318 g/mol. The topological polar surface area (TPSA) is 127 Å². The first-order chi connectivity index (χ1) is 10.3. The molecule has 0 aromatic carbocycles. The first-order valence-electron chi connectivity index (χ1n) is 8.10. The molecule has 6 heteroatoms. The monoisotopic (exact) mass is 318 g/mol. The number of carbonyl (C=O) groups excluding carboxylic acids is 2. The third kappa shape index (κ3) is 9.00. The predicted octanol–water partition coefficient (Wildman–Crippen LogP) is 1.03. The van der Waals surface area contributed by atoms with Crippen molar-refractivity contribution in [3.63, 3.8) is 0 Å². The smallest absolute Gasteiger partial charge is 0.220 e. The number of amides is 2. The molecule has 0 heterocycles. The Bertz CT molecular complexity index is 307. The maximum atomic E-state index is 10.9. The summed E-state index contributed by atoms with van der Waals surface area (Å²) in [5, 5.41) is 17.7. The van der Waals surface area contributed by atoms with E-state index in [2.05, 4.69) is 0 Å². The SMILES string of the molecule is CCC(CO)C(C)C(N)=O.CCCC(CO)C(CC)C(N)=O. The van der Waals surface area contributed by atoms with Crippen molar-refractivity contribution in [3.8, 4) is 0 Å². The van der Waals surface area contributed by atoms with Gasteiger partial charge in [-0.25, -0.2) is 0 Å². The van der Waals surface area contributed by atoms with Crippen molar-refractivity contribution in [1.29, 1.82) is 0 Å². The first-order valence-corrected chi connectivity index (χ1v) is 8.10. The van der Waals surface area contributed by atoms with E-state index in [9.17, 15) is 9.59 Å². The normalized spacial score (nSPS) is 15.9. The van der Waals surface area contributed by atoms with Gasteiger partial charge in [0.05, 0.1) is 0 Å². The number of primary amides is 2. The molecule has 4 unspecified atom stereocenters. The molecule has 6 nitrogen and oxygen atoms in total. The molecular formula is C16H34N2O4. The number of rotatable bonds is 10. The minimum atomic E-state index is -0.332. The van der Waals surface area contributed by atoms with Crippen LogP contribution in [0.25, 0.3) is 0 Å². The van der Waals surface area contributed by atoms with Crippen LogP contribution in [0.15, 0.2) is 0 Å². The van der Waals surface area contributed by atoms with Crippen molar-refractivity contribution in [2.75, 3.05) is 13.2 Å². The van der Waals surface area contributed by atoms with E-state index in [0.29, 0.717) is 0 Å². The molecule has 0 saturated heterocycles. The molecule has 0 saturated carbocycles. The van der Waals surface area contributed by atoms with E-state index in [4.69, 9.17) is 21.7 Å². The van der Waals surface area contributed by atoms with Crippen LogP contribution in [0.4, 0.5) is 0 Å². The van der Waals surface area contributed by atoms with Crippen molar-refractivity contribution < 1.29 is 19.8 Å². The summed E-state index contributed by atoms with van der Waals surface area (Å²) in [7, 11) is 0. The lowest BCUT2D eigenvalue weighted by Gasteiger charge is -2.20. The Kier molecular flexibility index (Phi) is 14.2. The largest absolute Gasteiger partial charge is 0.396 e. The fraction of sp³-hybridized carbons (Fsp3) is 0.875. The second kappa shape index (κ2) is 13.5. The maximum absolute atomic E-state index is 10.9. The molecule has 6 N–H and O–H groups in total. The van der Waals surface area contributed by atoms with Gasteiger partial charge in [-0.2, -0.15) is 0 Å². The Labute approximate surface area is 134 Å². The minimum Gasteiger partial charge on any atom is -0.396 e. The predicted molar refractivity (Wildman–Crippen MR) is 87.7 cm³/mol. The molecule has 0 radical (unpaired) electrons. The molecule has 4 atom stereocenters. The van der Waals surface area contributed by atoms with E-state index in [1.807, 2.05) is 20.8 Å². The minimum absolute atomic E-state index is 0.0255. The van der Waals surface area contributed by atoms with Crippen molar-refractivity contribution in [2.45, 2.75) is 53.4 Å². The quantitative estimate of drug-likeness (QED) is 0.480. The number of hydrogen-bond donors (Lipinski definition) is 4. The lowest BCUT2D eigenvalue weighted by molar-refractivity contribution is -0.124. The van der Waals surface area contributed by atoms with Gasteiger partial charge in [-0.3, -0.25) is 9.59 Å². The highest BCUT2D eigenvalue weighted by molar-refractivity contribution is 5.77. The highest BCUT2D eigenvalue weighted by Gasteiger charge is 2.23. The van der Waals surface area contributed by atoms with E-state index in [-0.39, 0.29) is 48.7 Å². The van der Waals surface area contributed by atoms with E-state index in [1.54, 1.807) is 6.92 Å². The Balaban J connectivity index is 0. The Morgan fingerprint density at radius 1 is 0.909 bits per heavy atom. The number of carbonyl (C=O) groups is 2. The lowest BCUT2D eigenvalue weighted by Crippen LogP contribution is -2.31. The van der Waals surface area contributed by atoms with Gasteiger partial charge in [-0.1, -0.05) is 40.5 Å². The second-order valence-corrected chi connectivity index (χ2v) is 5.69. The molecule has 0 bridgehead atoms. The van der Waals surface area contributed by atoms with E-state index in [0.717, 1.165) is 25.7 Å². The molecule has 0 aromatic rings. The van der Waals surface area contributed by atoms with Crippen molar-refractivity contribution in [1.82, 2.24) is 0 Å². The fourth-order valence-electron chi connectivity index (χ4n) is 2.43. The van der Waals surface area contributed by atoms with Crippen LogP contribution in [-0.4, -0.2) is 35.2 Å². The van der Waals surface area contributed by atoms with Crippen molar-refractivity contribution in [3.05, 3.63) is 0 Å². The standard InChI is InChI=1S/C9H19NO2.C7H15NO2/c1-3-5-7(6-11)8(4-2)9(10)12;1-3-6(4-9)5(2)7(8)10/h7-8,11H,3-6H2,1-2H3,(H2,10,12);5-6,9H,3-4H2,1-2H3,(H2,8,10). The van der Waals surface area contributed by atoms with E-state index >= 15 is 0 Å². The summed E-state index contributed by atoms with van der Waals surface area (Å²) in [6, 6.07) is 0. The van der Waals surface area contributed by atoms with Gasteiger partial charge in [0.2, 0.25) is 11.8 Å². The molecule has 132 valence electrons. The summed E-state index contributed by atoms with van der Waals surface area (Å²) in [5.41, 5.74) is 10.2. The number of nitrogens with two attached hydrogens (primary N) is 2. The summed E-state index contributed by atoms with van der Waals surface area (Å²) in [6.45, 7) is 7.74. The van der Waals surface area contributed by atoms with Crippen LogP contribution < -0.4 is 11.5 Å². The van der Waals surface area contributed by atoms with Gasteiger partial charge in [-0.05, 0) is 24.7 Å². The molecule has 0 aliphatic heterocycles. The highest BCUT2D eigenvalue weighted by atomic mass is 16.3. The third-order valence-electron chi connectivity index (χ3n) is 4.18. The molecule has 2 amide bonds. The summed E-state index contributed by atoms with van der Waals surface area (Å²) >= 11 is 0. The Morgan fingerprint density at radius 2 is 1.41 bits per heavy atom. The number of aliphatic hydroxyl groups excluding tert-OH is 2. The molecule has 0 aliphatic rings. The van der Waals surface area contributed by atoms with Crippen LogP contribution in [0.2, 0.25) is 0 Å². The van der Waals surface area contributed by atoms with Crippen LogP contribution in [0.5, 0.6) is 0 Å². The third-order valence-corrected chi connectivity index (χ3v) is 4.18. The highest BCUT2D eigenvalue weighted by Crippen LogP contribution is 2.19. The average Bonchev–Trinajstić information content (AvgIpc) is 2.48. The maximum Gasteiger partial charge on any atom is 0.220 e. The molecule has 0 rings (SSSR count). The van der Waals surface area contributed by atoms with Crippen LogP contribution in [0.3, 0.4) is 0 Å². The van der Waals surface area contributed by atoms with E-state index in [1.165, 1.54) is 0 Å². The van der Waals surface area contributed by atoms with Gasteiger partial charge < -0.3 is 21.7 Å². The van der Waals surface area contributed by atoms with Crippen molar-refractivity contribution >= 4 is 11.8 Å². The lowest BCUT2D eigenvalue weighted by atomic mass is 9.87. The van der Waals surface area contributed by atoms with Gasteiger partial charge in [0, 0.05) is 25.0 Å².